The molecule has 0 radical (unpaired) electrons. The largest absolute Gasteiger partial charge is 1.00 e. The first-order chi connectivity index (χ1) is 4.52. The smallest absolute Gasteiger partial charge is 1.00 e. The Balaban J connectivity index is 0. The maximum Gasteiger partial charge on any atom is 1.00 e. The van der Waals surface area contributed by atoms with Gasteiger partial charge in [-0.05, 0) is 6.07 Å². The third-order valence-electron chi connectivity index (χ3n) is 1.11. The van der Waals surface area contributed by atoms with Crippen LogP contribution in [0.5, 0.6) is 0 Å². The quantitative estimate of drug-likeness (QED) is 0.422. The summed E-state index contributed by atoms with van der Waals surface area (Å²) in [5, 5.41) is 3.38. The summed E-state index contributed by atoms with van der Waals surface area (Å²) in [6.45, 7) is 0. The number of halogens is 3. The zero-order valence-electron chi connectivity index (χ0n) is 7.18. The molecule has 0 atom stereocenters. The summed E-state index contributed by atoms with van der Waals surface area (Å²) in [5.74, 6) is 0. The summed E-state index contributed by atoms with van der Waals surface area (Å²) < 4.78 is 36.3. The Morgan fingerprint density at radius 3 is 2.27 bits per heavy atom. The van der Waals surface area contributed by atoms with E-state index < -0.39 is 11.9 Å². The molecule has 0 aliphatic carbocycles. The first kappa shape index (κ1) is 10.6. The maximum atomic E-state index is 11.8. The molecule has 2 nitrogen and oxygen atoms in total. The molecular formula is C5H6F3LiN2. The zero-order valence-corrected chi connectivity index (χ0v) is 6.18. The molecule has 0 aromatic carbocycles. The van der Waals surface area contributed by atoms with Gasteiger partial charge in [-0.3, -0.25) is 4.68 Å². The molecule has 0 saturated heterocycles. The Bertz CT molecular complexity index is 235. The normalized spacial score (nSPS) is 10.9. The molecule has 0 spiro atoms. The SMILES string of the molecule is Cn1nccc1C(F)(F)F.[H-].[Li+]. The minimum Gasteiger partial charge on any atom is -1.00 e. The van der Waals surface area contributed by atoms with Crippen LogP contribution in [0.3, 0.4) is 0 Å². The maximum absolute atomic E-state index is 11.8. The minimum absolute atomic E-state index is 0. The second-order valence-electron chi connectivity index (χ2n) is 1.84. The molecule has 0 N–H and O–H groups in total. The average Bonchev–Trinajstić information content (AvgIpc) is 2.11. The van der Waals surface area contributed by atoms with Gasteiger partial charge in [0.05, 0.1) is 0 Å². The molecule has 1 aromatic heterocycles. The van der Waals surface area contributed by atoms with Gasteiger partial charge in [-0.15, -0.1) is 0 Å². The standard InChI is InChI=1S/C5H5F3N2.Li.H/c1-10-4(2-3-9-10)5(6,7)8;;/h2-3H,1H3;;/q;+1;-1. The monoisotopic (exact) mass is 158 g/mol. The van der Waals surface area contributed by atoms with Gasteiger partial charge in [0.25, 0.3) is 0 Å². The van der Waals surface area contributed by atoms with Crippen LogP contribution in [-0.4, -0.2) is 9.78 Å². The van der Waals surface area contributed by atoms with E-state index in [0.29, 0.717) is 0 Å². The molecule has 6 heteroatoms. The predicted molar refractivity (Wildman–Crippen MR) is 29.3 cm³/mol. The summed E-state index contributed by atoms with van der Waals surface area (Å²) in [6, 6.07) is 0.931. The molecule has 0 fully saturated rings. The van der Waals surface area contributed by atoms with Gasteiger partial charge in [-0.25, -0.2) is 0 Å². The van der Waals surface area contributed by atoms with Gasteiger partial charge in [0.1, 0.15) is 5.69 Å². The van der Waals surface area contributed by atoms with Gasteiger partial charge < -0.3 is 1.43 Å². The van der Waals surface area contributed by atoms with Crippen molar-refractivity contribution in [1.82, 2.24) is 9.78 Å². The molecule has 11 heavy (non-hydrogen) atoms. The fraction of sp³-hybridized carbons (Fsp3) is 0.400. The van der Waals surface area contributed by atoms with E-state index in [4.69, 9.17) is 0 Å². The van der Waals surface area contributed by atoms with Gasteiger partial charge in [-0.1, -0.05) is 0 Å². The van der Waals surface area contributed by atoms with E-state index in [9.17, 15) is 13.2 Å². The fourth-order valence-corrected chi connectivity index (χ4v) is 0.652. The van der Waals surface area contributed by atoms with Crippen molar-refractivity contribution in [2.24, 2.45) is 7.05 Å². The number of nitrogens with zero attached hydrogens (tertiary/aromatic N) is 2. The molecular weight excluding hydrogens is 152 g/mol. The van der Waals surface area contributed by atoms with Crippen LogP contribution in [0.25, 0.3) is 0 Å². The molecule has 0 aliphatic heterocycles. The number of hydrogen-bond donors (Lipinski definition) is 0. The van der Waals surface area contributed by atoms with Crippen molar-refractivity contribution < 1.29 is 33.5 Å². The van der Waals surface area contributed by atoms with Crippen LogP contribution in [-0.2, 0) is 13.2 Å². The van der Waals surface area contributed by atoms with E-state index in [1.54, 1.807) is 0 Å². The van der Waals surface area contributed by atoms with Gasteiger partial charge >= 0.3 is 25.0 Å². The van der Waals surface area contributed by atoms with Crippen molar-refractivity contribution in [3.63, 3.8) is 0 Å². The molecule has 1 heterocycles. The predicted octanol–water partition coefficient (Wildman–Crippen LogP) is -1.44. The average molecular weight is 158 g/mol. The van der Waals surface area contributed by atoms with E-state index in [2.05, 4.69) is 5.10 Å². The van der Waals surface area contributed by atoms with Gasteiger partial charge in [0.2, 0.25) is 0 Å². The molecule has 0 amide bonds. The Morgan fingerprint density at radius 1 is 1.55 bits per heavy atom. The van der Waals surface area contributed by atoms with Crippen molar-refractivity contribution in [3.8, 4) is 0 Å². The van der Waals surface area contributed by atoms with Crippen molar-refractivity contribution in [3.05, 3.63) is 18.0 Å². The van der Waals surface area contributed by atoms with Crippen molar-refractivity contribution >= 4 is 0 Å². The summed E-state index contributed by atoms with van der Waals surface area (Å²) >= 11 is 0. The van der Waals surface area contributed by atoms with Crippen LogP contribution < -0.4 is 18.9 Å². The van der Waals surface area contributed by atoms with Crippen LogP contribution in [0.1, 0.15) is 7.12 Å². The van der Waals surface area contributed by atoms with E-state index in [-0.39, 0.29) is 20.3 Å². The van der Waals surface area contributed by atoms with Crippen LogP contribution in [0.15, 0.2) is 12.3 Å². The Hall–Kier alpha value is -0.403. The van der Waals surface area contributed by atoms with Crippen LogP contribution in [0.2, 0.25) is 0 Å². The third-order valence-corrected chi connectivity index (χ3v) is 1.11. The second-order valence-corrected chi connectivity index (χ2v) is 1.84. The van der Waals surface area contributed by atoms with E-state index >= 15 is 0 Å². The Kier molecular flexibility index (Phi) is 3.21. The van der Waals surface area contributed by atoms with E-state index in [0.717, 1.165) is 16.9 Å². The van der Waals surface area contributed by atoms with Crippen LogP contribution in [0, 0.1) is 0 Å². The summed E-state index contributed by atoms with van der Waals surface area (Å²) in [4.78, 5) is 0. The number of hydrogen-bond acceptors (Lipinski definition) is 1. The summed E-state index contributed by atoms with van der Waals surface area (Å²) in [5.41, 5.74) is -0.729. The molecule has 0 bridgehead atoms. The van der Waals surface area contributed by atoms with Crippen molar-refractivity contribution in [1.29, 1.82) is 0 Å². The second kappa shape index (κ2) is 3.33. The van der Waals surface area contributed by atoms with Crippen LogP contribution >= 0.6 is 0 Å². The molecule has 0 aliphatic rings. The number of aryl methyl sites for hydroxylation is 1. The van der Waals surface area contributed by atoms with Gasteiger partial charge in [0, 0.05) is 13.2 Å². The first-order valence-electron chi connectivity index (χ1n) is 2.57. The topological polar surface area (TPSA) is 17.8 Å². The van der Waals surface area contributed by atoms with Crippen molar-refractivity contribution in [2.45, 2.75) is 6.18 Å². The van der Waals surface area contributed by atoms with Gasteiger partial charge in [-0.2, -0.15) is 18.3 Å². The number of rotatable bonds is 0. The molecule has 0 unspecified atom stereocenters. The summed E-state index contributed by atoms with van der Waals surface area (Å²) in [6.07, 6.45) is -3.17. The minimum atomic E-state index is -4.29. The van der Waals surface area contributed by atoms with Crippen LogP contribution in [0.4, 0.5) is 13.2 Å². The molecule has 58 valence electrons. The van der Waals surface area contributed by atoms with E-state index in [1.165, 1.54) is 7.05 Å². The third kappa shape index (κ3) is 2.28. The molecule has 1 aromatic rings. The van der Waals surface area contributed by atoms with E-state index in [1.807, 2.05) is 0 Å². The Morgan fingerprint density at radius 2 is 2.09 bits per heavy atom. The first-order valence-corrected chi connectivity index (χ1v) is 2.57. The van der Waals surface area contributed by atoms with Gasteiger partial charge in [0.15, 0.2) is 0 Å². The molecule has 1 rings (SSSR count). The fourth-order valence-electron chi connectivity index (χ4n) is 0.652. The molecule has 0 saturated carbocycles. The number of alkyl halides is 3. The summed E-state index contributed by atoms with van der Waals surface area (Å²) in [7, 11) is 1.25. The Labute approximate surface area is 75.0 Å². The zero-order chi connectivity index (χ0) is 7.78. The van der Waals surface area contributed by atoms with Crippen molar-refractivity contribution in [2.75, 3.05) is 0 Å². The number of aromatic nitrogens is 2.